The van der Waals surface area contributed by atoms with Gasteiger partial charge in [0.1, 0.15) is 29.6 Å². The Labute approximate surface area is 230 Å². The van der Waals surface area contributed by atoms with Gasteiger partial charge in [-0.3, -0.25) is 4.90 Å². The van der Waals surface area contributed by atoms with Gasteiger partial charge in [-0.05, 0) is 97.5 Å². The van der Waals surface area contributed by atoms with E-state index in [0.717, 1.165) is 31.8 Å². The summed E-state index contributed by atoms with van der Waals surface area (Å²) in [5.41, 5.74) is -4.39. The van der Waals surface area contributed by atoms with E-state index < -0.39 is 20.2 Å². The molecule has 1 saturated heterocycles. The number of benzene rings is 4. The molecule has 0 saturated carbocycles. The second-order valence-electron chi connectivity index (χ2n) is 9.65. The van der Waals surface area contributed by atoms with Crippen LogP contribution in [0, 0.1) is 0 Å². The molecule has 6 nitrogen and oxygen atoms in total. The molecule has 0 aliphatic carbocycles. The number of likely N-dealkylation sites (tertiary alicyclic amines) is 1. The number of phenols is 1. The monoisotopic (exact) mass is 571 g/mol. The SMILES string of the molecule is O=S(=O)(c1ccc(-c2ccc3cc(O)ccc3c2Oc2ccc(OCCN3CCCCC3)cc2)cc1)C(F)(F)F. The maximum atomic E-state index is 13.0. The van der Waals surface area contributed by atoms with Crippen molar-refractivity contribution in [3.8, 4) is 34.1 Å². The molecule has 0 amide bonds. The van der Waals surface area contributed by atoms with E-state index in [9.17, 15) is 26.7 Å². The predicted molar refractivity (Wildman–Crippen MR) is 147 cm³/mol. The highest BCUT2D eigenvalue weighted by Gasteiger charge is 2.46. The summed E-state index contributed by atoms with van der Waals surface area (Å²) in [5, 5.41) is 11.3. The summed E-state index contributed by atoms with van der Waals surface area (Å²) < 4.78 is 74.8. The van der Waals surface area contributed by atoms with E-state index in [4.69, 9.17) is 9.47 Å². The van der Waals surface area contributed by atoms with Crippen LogP contribution in [0.4, 0.5) is 13.2 Å². The minimum Gasteiger partial charge on any atom is -0.508 e. The molecule has 4 aromatic carbocycles. The zero-order chi connectivity index (χ0) is 28.3. The topological polar surface area (TPSA) is 76.1 Å². The summed E-state index contributed by atoms with van der Waals surface area (Å²) in [4.78, 5) is 1.55. The molecular formula is C30H28F3NO5S. The Balaban J connectivity index is 1.40. The van der Waals surface area contributed by atoms with Gasteiger partial charge in [-0.15, -0.1) is 0 Å². The van der Waals surface area contributed by atoms with Crippen LogP contribution in [0.15, 0.2) is 83.8 Å². The third kappa shape index (κ3) is 6.03. The number of halogens is 3. The van der Waals surface area contributed by atoms with Crippen LogP contribution >= 0.6 is 0 Å². The lowest BCUT2D eigenvalue weighted by Gasteiger charge is -2.26. The van der Waals surface area contributed by atoms with Crippen molar-refractivity contribution in [3.05, 3.63) is 78.9 Å². The molecule has 0 spiro atoms. The van der Waals surface area contributed by atoms with E-state index in [1.54, 1.807) is 48.5 Å². The second kappa shape index (κ2) is 11.4. The lowest BCUT2D eigenvalue weighted by atomic mass is 9.99. The maximum absolute atomic E-state index is 13.0. The standard InChI is InChI=1S/C30H28F3NO5S/c31-30(32,33)40(36,37)26-12-4-21(5-13-26)27-14-6-22-20-23(35)7-15-28(22)29(27)39-25-10-8-24(9-11-25)38-19-18-34-16-2-1-3-17-34/h4-15,20,35H,1-3,16-19H2. The number of rotatable bonds is 8. The molecule has 0 atom stereocenters. The Morgan fingerprint density at radius 1 is 0.825 bits per heavy atom. The van der Waals surface area contributed by atoms with Gasteiger partial charge in [-0.1, -0.05) is 24.6 Å². The first-order chi connectivity index (χ1) is 19.1. The summed E-state index contributed by atoms with van der Waals surface area (Å²) in [5.74, 6) is 1.68. The number of nitrogens with zero attached hydrogens (tertiary/aromatic N) is 1. The second-order valence-corrected chi connectivity index (χ2v) is 11.6. The molecule has 5 rings (SSSR count). The first-order valence-corrected chi connectivity index (χ1v) is 14.4. The van der Waals surface area contributed by atoms with Crippen molar-refractivity contribution >= 4 is 20.6 Å². The number of ether oxygens (including phenoxy) is 2. The number of alkyl halides is 3. The third-order valence-corrected chi connectivity index (χ3v) is 8.41. The van der Waals surface area contributed by atoms with E-state index in [1.165, 1.54) is 37.5 Å². The fraction of sp³-hybridized carbons (Fsp3) is 0.267. The van der Waals surface area contributed by atoms with Crippen LogP contribution in [0.1, 0.15) is 19.3 Å². The molecule has 1 aliphatic rings. The fourth-order valence-electron chi connectivity index (χ4n) is 4.77. The van der Waals surface area contributed by atoms with Gasteiger partial charge >= 0.3 is 5.51 Å². The van der Waals surface area contributed by atoms with Gasteiger partial charge < -0.3 is 14.6 Å². The fourth-order valence-corrected chi connectivity index (χ4v) is 5.53. The van der Waals surface area contributed by atoms with Gasteiger partial charge in [0.2, 0.25) is 0 Å². The van der Waals surface area contributed by atoms with Gasteiger partial charge in [0, 0.05) is 17.5 Å². The number of sulfone groups is 1. The van der Waals surface area contributed by atoms with Crippen LogP contribution in [0.5, 0.6) is 23.0 Å². The highest BCUT2D eigenvalue weighted by Crippen LogP contribution is 2.41. The molecule has 0 aromatic heterocycles. The quantitative estimate of drug-likeness (QED) is 0.242. The molecule has 4 aromatic rings. The Morgan fingerprint density at radius 3 is 2.17 bits per heavy atom. The van der Waals surface area contributed by atoms with Crippen LogP contribution in [0.3, 0.4) is 0 Å². The van der Waals surface area contributed by atoms with Crippen LogP contribution in [0.25, 0.3) is 21.9 Å². The van der Waals surface area contributed by atoms with Crippen LogP contribution in [-0.2, 0) is 9.84 Å². The molecule has 1 N–H and O–H groups in total. The van der Waals surface area contributed by atoms with Crippen LogP contribution in [-0.4, -0.2) is 50.2 Å². The van der Waals surface area contributed by atoms with Gasteiger partial charge in [0.25, 0.3) is 9.84 Å². The normalized spacial score (nSPS) is 14.8. The molecule has 40 heavy (non-hydrogen) atoms. The average molecular weight is 572 g/mol. The summed E-state index contributed by atoms with van der Waals surface area (Å²) >= 11 is 0. The van der Waals surface area contributed by atoms with E-state index in [0.29, 0.717) is 45.8 Å². The summed E-state index contributed by atoms with van der Waals surface area (Å²) in [6.07, 6.45) is 3.72. The molecule has 1 aliphatic heterocycles. The first kappa shape index (κ1) is 27.8. The zero-order valence-electron chi connectivity index (χ0n) is 21.5. The van der Waals surface area contributed by atoms with E-state index in [1.807, 2.05) is 0 Å². The minimum atomic E-state index is -5.46. The molecule has 0 unspecified atom stereocenters. The van der Waals surface area contributed by atoms with Gasteiger partial charge in [0.05, 0.1) is 4.90 Å². The Morgan fingerprint density at radius 2 is 1.50 bits per heavy atom. The van der Waals surface area contributed by atoms with E-state index >= 15 is 0 Å². The summed E-state index contributed by atoms with van der Waals surface area (Å²) in [6, 6.07) is 19.8. The average Bonchev–Trinajstić information content (AvgIpc) is 2.94. The highest BCUT2D eigenvalue weighted by molar-refractivity contribution is 7.92. The molecule has 1 fully saturated rings. The van der Waals surface area contributed by atoms with Gasteiger partial charge in [-0.2, -0.15) is 13.2 Å². The van der Waals surface area contributed by atoms with Crippen molar-refractivity contribution in [2.24, 2.45) is 0 Å². The minimum absolute atomic E-state index is 0.0685. The molecule has 0 radical (unpaired) electrons. The number of aromatic hydroxyl groups is 1. The Hall–Kier alpha value is -3.76. The van der Waals surface area contributed by atoms with Crippen LogP contribution < -0.4 is 9.47 Å². The predicted octanol–water partition coefficient (Wildman–Crippen LogP) is 7.16. The lowest BCUT2D eigenvalue weighted by molar-refractivity contribution is -0.0436. The number of fused-ring (bicyclic) bond motifs is 1. The molecule has 10 heteroatoms. The van der Waals surface area contributed by atoms with Crippen molar-refractivity contribution in [1.82, 2.24) is 4.90 Å². The van der Waals surface area contributed by atoms with Crippen molar-refractivity contribution in [1.29, 1.82) is 0 Å². The zero-order valence-corrected chi connectivity index (χ0v) is 22.3. The van der Waals surface area contributed by atoms with Gasteiger partial charge in [-0.25, -0.2) is 8.42 Å². The highest BCUT2D eigenvalue weighted by atomic mass is 32.2. The number of hydrogen-bond acceptors (Lipinski definition) is 6. The Kier molecular flexibility index (Phi) is 7.91. The largest absolute Gasteiger partial charge is 0.508 e. The molecule has 1 heterocycles. The van der Waals surface area contributed by atoms with Crippen molar-refractivity contribution in [2.45, 2.75) is 29.7 Å². The molecule has 210 valence electrons. The third-order valence-electron chi connectivity index (χ3n) is 6.90. The van der Waals surface area contributed by atoms with Crippen molar-refractivity contribution < 1.29 is 36.2 Å². The van der Waals surface area contributed by atoms with E-state index in [2.05, 4.69) is 4.90 Å². The maximum Gasteiger partial charge on any atom is 0.501 e. The van der Waals surface area contributed by atoms with Crippen molar-refractivity contribution in [2.75, 3.05) is 26.2 Å². The smallest absolute Gasteiger partial charge is 0.501 e. The summed E-state index contributed by atoms with van der Waals surface area (Å²) in [6.45, 7) is 3.65. The Bertz CT molecular complexity index is 1580. The first-order valence-electron chi connectivity index (χ1n) is 12.9. The van der Waals surface area contributed by atoms with E-state index in [-0.39, 0.29) is 5.75 Å². The summed E-state index contributed by atoms with van der Waals surface area (Å²) in [7, 11) is -5.46. The number of piperidine rings is 1. The van der Waals surface area contributed by atoms with Crippen molar-refractivity contribution in [3.63, 3.8) is 0 Å². The lowest BCUT2D eigenvalue weighted by Crippen LogP contribution is -2.33. The number of hydrogen-bond donors (Lipinski definition) is 1. The number of phenolic OH excluding ortho intramolecular Hbond substituents is 1. The van der Waals surface area contributed by atoms with Gasteiger partial charge in [0.15, 0.2) is 0 Å². The molecular weight excluding hydrogens is 543 g/mol. The molecule has 0 bridgehead atoms. The van der Waals surface area contributed by atoms with Crippen LogP contribution in [0.2, 0.25) is 0 Å².